The van der Waals surface area contributed by atoms with Gasteiger partial charge in [-0.2, -0.15) is 0 Å². The first-order valence-electron chi connectivity index (χ1n) is 10.6. The van der Waals surface area contributed by atoms with Crippen molar-refractivity contribution in [1.29, 1.82) is 0 Å². The van der Waals surface area contributed by atoms with Gasteiger partial charge in [-0.1, -0.05) is 23.7 Å². The molecule has 1 aromatic heterocycles. The second-order valence-electron chi connectivity index (χ2n) is 7.49. The van der Waals surface area contributed by atoms with Gasteiger partial charge < -0.3 is 9.47 Å². The Morgan fingerprint density at radius 1 is 1.09 bits per heavy atom. The van der Waals surface area contributed by atoms with Gasteiger partial charge in [0, 0.05) is 16.8 Å². The smallest absolute Gasteiger partial charge is 0.340 e. The number of carbonyl (C=O) groups is 1. The average molecular weight is 452 g/mol. The predicted octanol–water partition coefficient (Wildman–Crippen LogP) is 6.72. The summed E-state index contributed by atoms with van der Waals surface area (Å²) in [6.07, 6.45) is 4.24. The van der Waals surface area contributed by atoms with Gasteiger partial charge in [0.2, 0.25) is 0 Å². The van der Waals surface area contributed by atoms with E-state index in [-0.39, 0.29) is 11.8 Å². The molecule has 0 radical (unpaired) electrons. The van der Waals surface area contributed by atoms with E-state index in [2.05, 4.69) is 4.98 Å². The molecule has 0 saturated heterocycles. The van der Waals surface area contributed by atoms with E-state index >= 15 is 0 Å². The van der Waals surface area contributed by atoms with Crippen molar-refractivity contribution in [3.05, 3.63) is 94.0 Å². The largest absolute Gasteiger partial charge is 0.488 e. The number of pyridine rings is 1. The van der Waals surface area contributed by atoms with E-state index in [0.717, 1.165) is 41.5 Å². The summed E-state index contributed by atoms with van der Waals surface area (Å²) in [5.74, 6) is 0.0180. The van der Waals surface area contributed by atoms with Gasteiger partial charge in [-0.05, 0) is 85.4 Å². The molecule has 2 aromatic carbocycles. The van der Waals surface area contributed by atoms with Crippen molar-refractivity contribution >= 4 is 28.7 Å². The Kier molecular flexibility index (Phi) is 6.86. The fourth-order valence-electron chi connectivity index (χ4n) is 3.93. The quantitative estimate of drug-likeness (QED) is 0.374. The molecule has 1 heterocycles. The zero-order valence-corrected chi connectivity index (χ0v) is 18.5. The van der Waals surface area contributed by atoms with Crippen LogP contribution in [0.4, 0.5) is 4.39 Å². The molecule has 0 N–H and O–H groups in total. The molecule has 1 aliphatic rings. The van der Waals surface area contributed by atoms with Gasteiger partial charge in [0.25, 0.3) is 0 Å². The summed E-state index contributed by atoms with van der Waals surface area (Å²) in [5.41, 5.74) is 4.91. The maximum atomic E-state index is 13.2. The van der Waals surface area contributed by atoms with Crippen LogP contribution in [0.2, 0.25) is 5.02 Å². The molecule has 1 aliphatic carbocycles. The topological polar surface area (TPSA) is 48.4 Å². The summed E-state index contributed by atoms with van der Waals surface area (Å²) in [4.78, 5) is 17.0. The minimum Gasteiger partial charge on any atom is -0.488 e. The second kappa shape index (κ2) is 9.96. The SMILES string of the molecule is CCOC(=O)c1cccnc1C1=C(c2cc(Cl)ccc2OCc2ccc(F)cc2)CCC1. The van der Waals surface area contributed by atoms with Gasteiger partial charge in [0.1, 0.15) is 18.2 Å². The zero-order valence-electron chi connectivity index (χ0n) is 17.7. The molecule has 0 unspecified atom stereocenters. The van der Waals surface area contributed by atoms with Crippen molar-refractivity contribution in [2.75, 3.05) is 6.61 Å². The van der Waals surface area contributed by atoms with Crippen LogP contribution in [0.15, 0.2) is 60.8 Å². The van der Waals surface area contributed by atoms with Crippen LogP contribution in [-0.2, 0) is 11.3 Å². The summed E-state index contributed by atoms with van der Waals surface area (Å²) in [6, 6.07) is 15.2. The van der Waals surface area contributed by atoms with Crippen molar-refractivity contribution < 1.29 is 18.7 Å². The Balaban J connectivity index is 1.72. The molecular weight excluding hydrogens is 429 g/mol. The Morgan fingerprint density at radius 3 is 2.66 bits per heavy atom. The molecule has 0 fully saturated rings. The number of benzene rings is 2. The molecule has 0 aliphatic heterocycles. The van der Waals surface area contributed by atoms with E-state index in [1.165, 1.54) is 12.1 Å². The van der Waals surface area contributed by atoms with E-state index in [4.69, 9.17) is 21.1 Å². The summed E-state index contributed by atoms with van der Waals surface area (Å²) in [6.45, 7) is 2.38. The number of allylic oxidation sites excluding steroid dienone is 2. The fraction of sp³-hybridized carbons (Fsp3) is 0.231. The molecule has 3 aromatic rings. The van der Waals surface area contributed by atoms with Crippen molar-refractivity contribution in [3.8, 4) is 5.75 Å². The Morgan fingerprint density at radius 2 is 1.88 bits per heavy atom. The van der Waals surface area contributed by atoms with Crippen molar-refractivity contribution in [1.82, 2.24) is 4.98 Å². The van der Waals surface area contributed by atoms with Gasteiger partial charge in [-0.15, -0.1) is 0 Å². The van der Waals surface area contributed by atoms with E-state index in [1.54, 1.807) is 43.5 Å². The third-order valence-corrected chi connectivity index (χ3v) is 5.62. The normalized spacial score (nSPS) is 13.3. The minimum atomic E-state index is -0.381. The van der Waals surface area contributed by atoms with Crippen molar-refractivity contribution in [2.24, 2.45) is 0 Å². The Labute approximate surface area is 191 Å². The van der Waals surface area contributed by atoms with E-state index in [9.17, 15) is 9.18 Å². The summed E-state index contributed by atoms with van der Waals surface area (Å²) in [7, 11) is 0. The molecular formula is C26H23ClFNO3. The number of nitrogens with zero attached hydrogens (tertiary/aromatic N) is 1. The number of halogens is 2. The molecule has 32 heavy (non-hydrogen) atoms. The van der Waals surface area contributed by atoms with E-state index in [1.807, 2.05) is 12.1 Å². The molecule has 0 saturated carbocycles. The molecule has 0 bridgehead atoms. The maximum Gasteiger partial charge on any atom is 0.340 e. The van der Waals surface area contributed by atoms with Crippen LogP contribution >= 0.6 is 11.6 Å². The van der Waals surface area contributed by atoms with Crippen molar-refractivity contribution in [3.63, 3.8) is 0 Å². The maximum absolute atomic E-state index is 13.2. The molecule has 164 valence electrons. The van der Waals surface area contributed by atoms with Crippen LogP contribution in [0.3, 0.4) is 0 Å². The third-order valence-electron chi connectivity index (χ3n) is 5.38. The summed E-state index contributed by atoms with van der Waals surface area (Å²) < 4.78 is 24.5. The van der Waals surface area contributed by atoms with Gasteiger partial charge in [-0.25, -0.2) is 9.18 Å². The third kappa shape index (κ3) is 4.83. The van der Waals surface area contributed by atoms with Gasteiger partial charge >= 0.3 is 5.97 Å². The first kappa shape index (κ1) is 22.0. The fourth-order valence-corrected chi connectivity index (χ4v) is 4.10. The number of esters is 1. The molecule has 6 heteroatoms. The molecule has 0 atom stereocenters. The molecule has 4 rings (SSSR count). The molecule has 4 nitrogen and oxygen atoms in total. The van der Waals surface area contributed by atoms with Gasteiger partial charge in [0.15, 0.2) is 0 Å². The molecule has 0 amide bonds. The van der Waals surface area contributed by atoms with Crippen LogP contribution in [0.25, 0.3) is 11.1 Å². The van der Waals surface area contributed by atoms with Crippen LogP contribution in [-0.4, -0.2) is 17.6 Å². The first-order chi connectivity index (χ1) is 15.6. The second-order valence-corrected chi connectivity index (χ2v) is 7.92. The average Bonchev–Trinajstić information content (AvgIpc) is 3.29. The number of carbonyl (C=O) groups excluding carboxylic acids is 1. The highest BCUT2D eigenvalue weighted by Crippen LogP contribution is 2.44. The Hall–Kier alpha value is -3.18. The van der Waals surface area contributed by atoms with Crippen LogP contribution < -0.4 is 4.74 Å². The van der Waals surface area contributed by atoms with Crippen LogP contribution in [0, 0.1) is 5.82 Å². The summed E-state index contributed by atoms with van der Waals surface area (Å²) >= 11 is 6.34. The first-order valence-corrected chi connectivity index (χ1v) is 11.0. The lowest BCUT2D eigenvalue weighted by atomic mass is 9.97. The highest BCUT2D eigenvalue weighted by Gasteiger charge is 2.25. The Bertz CT molecular complexity index is 1160. The van der Waals surface area contributed by atoms with Crippen molar-refractivity contribution in [2.45, 2.75) is 32.8 Å². The lowest BCUT2D eigenvalue weighted by molar-refractivity contribution is 0.0525. The number of rotatable bonds is 7. The lowest BCUT2D eigenvalue weighted by Crippen LogP contribution is -2.09. The molecule has 0 spiro atoms. The monoisotopic (exact) mass is 451 g/mol. The minimum absolute atomic E-state index is 0.283. The van der Waals surface area contributed by atoms with Crippen LogP contribution in [0.1, 0.15) is 53.4 Å². The number of hydrogen-bond donors (Lipinski definition) is 0. The van der Waals surface area contributed by atoms with Gasteiger partial charge in [-0.3, -0.25) is 4.98 Å². The highest BCUT2D eigenvalue weighted by atomic mass is 35.5. The van der Waals surface area contributed by atoms with Gasteiger partial charge in [0.05, 0.1) is 17.9 Å². The number of hydrogen-bond acceptors (Lipinski definition) is 4. The van der Waals surface area contributed by atoms with E-state index < -0.39 is 0 Å². The standard InChI is InChI=1S/C26H23ClFNO3/c1-2-31-26(30)22-7-4-14-29-25(22)21-6-3-5-20(21)23-15-18(27)10-13-24(23)32-16-17-8-11-19(28)12-9-17/h4,7-15H,2-3,5-6,16H2,1H3. The lowest BCUT2D eigenvalue weighted by Gasteiger charge is -2.16. The zero-order chi connectivity index (χ0) is 22.5. The highest BCUT2D eigenvalue weighted by molar-refractivity contribution is 6.30. The van der Waals surface area contributed by atoms with E-state index in [0.29, 0.717) is 35.2 Å². The van der Waals surface area contributed by atoms with Crippen LogP contribution in [0.5, 0.6) is 5.75 Å². The summed E-state index contributed by atoms with van der Waals surface area (Å²) in [5, 5.41) is 0.597. The number of aromatic nitrogens is 1. The number of ether oxygens (including phenoxy) is 2. The predicted molar refractivity (Wildman–Crippen MR) is 123 cm³/mol.